The molecule has 0 unspecified atom stereocenters. The van der Waals surface area contributed by atoms with Crippen molar-refractivity contribution in [3.8, 4) is 0 Å². The predicted molar refractivity (Wildman–Crippen MR) is 71.2 cm³/mol. The molecule has 6 heteroatoms. The fourth-order valence-electron chi connectivity index (χ4n) is 1.89. The number of carbonyl (C=O) groups is 1. The molecule has 1 N–H and O–H groups in total. The Morgan fingerprint density at radius 1 is 1.32 bits per heavy atom. The van der Waals surface area contributed by atoms with Crippen molar-refractivity contribution in [1.82, 2.24) is 14.8 Å². The van der Waals surface area contributed by atoms with Gasteiger partial charge in [0.2, 0.25) is 5.95 Å². The van der Waals surface area contributed by atoms with Crippen molar-refractivity contribution >= 4 is 11.9 Å². The van der Waals surface area contributed by atoms with Crippen molar-refractivity contribution in [1.29, 1.82) is 0 Å². The highest BCUT2D eigenvalue weighted by atomic mass is 16.4. The quantitative estimate of drug-likeness (QED) is 0.865. The Morgan fingerprint density at radius 3 is 2.63 bits per heavy atom. The zero-order chi connectivity index (χ0) is 13.8. The van der Waals surface area contributed by atoms with Crippen LogP contribution >= 0.6 is 0 Å². The zero-order valence-electron chi connectivity index (χ0n) is 10.9. The monoisotopic (exact) mass is 260 g/mol. The second-order valence-electron chi connectivity index (χ2n) is 4.39. The number of hydrogen-bond acceptors (Lipinski definition) is 4. The SMILES string of the molecule is CN(CC(=O)O)c1nnc(Cc2ccccc2)n1C. The first-order valence-corrected chi connectivity index (χ1v) is 5.93. The maximum Gasteiger partial charge on any atom is 0.323 e. The van der Waals surface area contributed by atoms with E-state index in [2.05, 4.69) is 10.2 Å². The van der Waals surface area contributed by atoms with E-state index < -0.39 is 5.97 Å². The van der Waals surface area contributed by atoms with Gasteiger partial charge in [0.15, 0.2) is 0 Å². The second-order valence-corrected chi connectivity index (χ2v) is 4.39. The summed E-state index contributed by atoms with van der Waals surface area (Å²) >= 11 is 0. The van der Waals surface area contributed by atoms with E-state index in [1.165, 1.54) is 0 Å². The number of likely N-dealkylation sites (N-methyl/N-ethyl adjacent to an activating group) is 1. The molecule has 0 aliphatic heterocycles. The molecule has 2 rings (SSSR count). The van der Waals surface area contributed by atoms with Gasteiger partial charge in [0.1, 0.15) is 12.4 Å². The molecule has 0 aliphatic carbocycles. The van der Waals surface area contributed by atoms with E-state index in [1.54, 1.807) is 11.9 Å². The van der Waals surface area contributed by atoms with E-state index in [4.69, 9.17) is 5.11 Å². The minimum atomic E-state index is -0.893. The van der Waals surface area contributed by atoms with Crippen LogP contribution in [0.4, 0.5) is 5.95 Å². The molecule has 0 spiro atoms. The minimum absolute atomic E-state index is 0.0999. The Morgan fingerprint density at radius 2 is 2.00 bits per heavy atom. The lowest BCUT2D eigenvalue weighted by atomic mass is 10.1. The van der Waals surface area contributed by atoms with Gasteiger partial charge in [-0.1, -0.05) is 30.3 Å². The van der Waals surface area contributed by atoms with Gasteiger partial charge in [0.05, 0.1) is 0 Å². The third kappa shape index (κ3) is 3.09. The van der Waals surface area contributed by atoms with Crippen molar-refractivity contribution in [3.05, 3.63) is 41.7 Å². The Labute approximate surface area is 111 Å². The Hall–Kier alpha value is -2.37. The van der Waals surface area contributed by atoms with E-state index in [0.29, 0.717) is 12.4 Å². The molecule has 1 heterocycles. The van der Waals surface area contributed by atoms with Crippen LogP contribution < -0.4 is 4.90 Å². The molecule has 2 aromatic rings. The molecular weight excluding hydrogens is 244 g/mol. The smallest absolute Gasteiger partial charge is 0.323 e. The molecule has 1 aromatic heterocycles. The highest BCUT2D eigenvalue weighted by Gasteiger charge is 2.14. The molecule has 0 amide bonds. The maximum absolute atomic E-state index is 10.7. The molecule has 19 heavy (non-hydrogen) atoms. The lowest BCUT2D eigenvalue weighted by molar-refractivity contribution is -0.135. The van der Waals surface area contributed by atoms with Gasteiger partial charge in [-0.05, 0) is 5.56 Å². The molecule has 0 aliphatic rings. The van der Waals surface area contributed by atoms with E-state index in [0.717, 1.165) is 11.4 Å². The molecule has 6 nitrogen and oxygen atoms in total. The number of benzene rings is 1. The molecule has 0 bridgehead atoms. The molecular formula is C13H16N4O2. The normalized spacial score (nSPS) is 10.4. The highest BCUT2D eigenvalue weighted by Crippen LogP contribution is 2.13. The molecule has 0 saturated heterocycles. The average Bonchev–Trinajstić information content (AvgIpc) is 2.72. The average molecular weight is 260 g/mol. The van der Waals surface area contributed by atoms with Crippen molar-refractivity contribution < 1.29 is 9.90 Å². The van der Waals surface area contributed by atoms with Crippen LogP contribution in [0, 0.1) is 0 Å². The minimum Gasteiger partial charge on any atom is -0.480 e. The number of carboxylic acids is 1. The van der Waals surface area contributed by atoms with Crippen LogP contribution in [0.5, 0.6) is 0 Å². The highest BCUT2D eigenvalue weighted by molar-refractivity contribution is 5.72. The molecule has 100 valence electrons. The summed E-state index contributed by atoms with van der Waals surface area (Å²) in [6, 6.07) is 9.96. The van der Waals surface area contributed by atoms with Crippen LogP contribution in [0.2, 0.25) is 0 Å². The number of anilines is 1. The first-order valence-electron chi connectivity index (χ1n) is 5.93. The lowest BCUT2D eigenvalue weighted by Gasteiger charge is -2.15. The largest absolute Gasteiger partial charge is 0.480 e. The summed E-state index contributed by atoms with van der Waals surface area (Å²) in [7, 11) is 3.52. The van der Waals surface area contributed by atoms with Gasteiger partial charge in [0.25, 0.3) is 0 Å². The topological polar surface area (TPSA) is 71.2 Å². The standard InChI is InChI=1S/C13H16N4O2/c1-16(9-12(18)19)13-15-14-11(17(13)2)8-10-6-4-3-5-7-10/h3-7H,8-9H2,1-2H3,(H,18,19). The fraction of sp³-hybridized carbons (Fsp3) is 0.308. The van der Waals surface area contributed by atoms with Gasteiger partial charge < -0.3 is 14.6 Å². The van der Waals surface area contributed by atoms with Gasteiger partial charge >= 0.3 is 5.97 Å². The lowest BCUT2D eigenvalue weighted by Crippen LogP contribution is -2.27. The van der Waals surface area contributed by atoms with Gasteiger partial charge in [-0.25, -0.2) is 0 Å². The van der Waals surface area contributed by atoms with Crippen LogP contribution in [0.25, 0.3) is 0 Å². The third-order valence-corrected chi connectivity index (χ3v) is 2.86. The molecule has 1 aromatic carbocycles. The zero-order valence-corrected chi connectivity index (χ0v) is 10.9. The van der Waals surface area contributed by atoms with Gasteiger partial charge in [-0.15, -0.1) is 10.2 Å². The number of nitrogens with zero attached hydrogens (tertiary/aromatic N) is 4. The van der Waals surface area contributed by atoms with E-state index in [1.807, 2.05) is 41.9 Å². The van der Waals surface area contributed by atoms with E-state index in [-0.39, 0.29) is 6.54 Å². The van der Waals surface area contributed by atoms with Crippen molar-refractivity contribution in [2.75, 3.05) is 18.5 Å². The molecule has 0 radical (unpaired) electrons. The summed E-state index contributed by atoms with van der Waals surface area (Å²) in [4.78, 5) is 12.3. The number of aromatic nitrogens is 3. The summed E-state index contributed by atoms with van der Waals surface area (Å²) in [5, 5.41) is 16.9. The summed E-state index contributed by atoms with van der Waals surface area (Å²) in [5.41, 5.74) is 1.14. The first-order chi connectivity index (χ1) is 9.08. The summed E-state index contributed by atoms with van der Waals surface area (Å²) in [6.45, 7) is -0.0999. The van der Waals surface area contributed by atoms with E-state index in [9.17, 15) is 4.79 Å². The van der Waals surface area contributed by atoms with Crippen molar-refractivity contribution in [2.24, 2.45) is 7.05 Å². The molecule has 0 atom stereocenters. The predicted octanol–water partition coefficient (Wildman–Crippen LogP) is 0.927. The summed E-state index contributed by atoms with van der Waals surface area (Å²) in [6.07, 6.45) is 0.672. The number of carboxylic acid groups (broad SMARTS) is 1. The fourth-order valence-corrected chi connectivity index (χ4v) is 1.89. The maximum atomic E-state index is 10.7. The first kappa shape index (κ1) is 13.1. The Bertz CT molecular complexity index is 565. The summed E-state index contributed by atoms with van der Waals surface area (Å²) < 4.78 is 1.82. The van der Waals surface area contributed by atoms with Crippen molar-refractivity contribution in [2.45, 2.75) is 6.42 Å². The Kier molecular flexibility index (Phi) is 3.79. The number of aliphatic carboxylic acids is 1. The second kappa shape index (κ2) is 5.51. The van der Waals surface area contributed by atoms with Crippen LogP contribution in [-0.4, -0.2) is 39.4 Å². The third-order valence-electron chi connectivity index (χ3n) is 2.86. The van der Waals surface area contributed by atoms with Gasteiger partial charge in [0, 0.05) is 20.5 Å². The van der Waals surface area contributed by atoms with Crippen molar-refractivity contribution in [3.63, 3.8) is 0 Å². The van der Waals surface area contributed by atoms with Gasteiger partial charge in [-0.3, -0.25) is 4.79 Å². The Balaban J connectivity index is 2.16. The molecule has 0 fully saturated rings. The molecule has 0 saturated carbocycles. The van der Waals surface area contributed by atoms with Crippen LogP contribution in [-0.2, 0) is 18.3 Å². The summed E-state index contributed by atoms with van der Waals surface area (Å²) in [5.74, 6) is 0.460. The number of rotatable bonds is 5. The van der Waals surface area contributed by atoms with E-state index >= 15 is 0 Å². The van der Waals surface area contributed by atoms with Crippen LogP contribution in [0.1, 0.15) is 11.4 Å². The number of hydrogen-bond donors (Lipinski definition) is 1. The van der Waals surface area contributed by atoms with Crippen LogP contribution in [0.15, 0.2) is 30.3 Å². The van der Waals surface area contributed by atoms with Crippen LogP contribution in [0.3, 0.4) is 0 Å². The van der Waals surface area contributed by atoms with Gasteiger partial charge in [-0.2, -0.15) is 0 Å².